The lowest BCUT2D eigenvalue weighted by molar-refractivity contribution is -0.149. The van der Waals surface area contributed by atoms with Crippen LogP contribution in [0.1, 0.15) is 74.7 Å². The largest absolute Gasteiger partial charge is 0.494 e. The smallest absolute Gasteiger partial charge is 0.247 e. The lowest BCUT2D eigenvalue weighted by atomic mass is 9.70. The Hall–Kier alpha value is -2.30. The van der Waals surface area contributed by atoms with Gasteiger partial charge in [-0.2, -0.15) is 0 Å². The van der Waals surface area contributed by atoms with Crippen LogP contribution in [0.5, 0.6) is 5.75 Å². The minimum atomic E-state index is -0.840. The zero-order chi connectivity index (χ0) is 35.8. The van der Waals surface area contributed by atoms with E-state index in [0.29, 0.717) is 37.4 Å². The van der Waals surface area contributed by atoms with E-state index < -0.39 is 34.2 Å². The highest BCUT2D eigenvalue weighted by molar-refractivity contribution is 9.09. The Balaban J connectivity index is 1.85. The molecule has 3 heterocycles. The Kier molecular flexibility index (Phi) is 11.9. The van der Waals surface area contributed by atoms with Gasteiger partial charge in [-0.25, -0.2) is 0 Å². The Morgan fingerprint density at radius 2 is 1.75 bits per heavy atom. The molecule has 0 aromatic heterocycles. The normalized spacial score (nSPS) is 27.2. The van der Waals surface area contributed by atoms with E-state index in [9.17, 15) is 14.7 Å². The fourth-order valence-electron chi connectivity index (χ4n) is 8.67. The number of thioether (sulfide) groups is 1. The summed E-state index contributed by atoms with van der Waals surface area (Å²) in [7, 11) is 0. The van der Waals surface area contributed by atoms with Crippen LogP contribution in [0.2, 0.25) is 0 Å². The molecule has 48 heavy (non-hydrogen) atoms. The van der Waals surface area contributed by atoms with E-state index >= 15 is 4.79 Å². The van der Waals surface area contributed by atoms with Gasteiger partial charge >= 0.3 is 0 Å². The van der Waals surface area contributed by atoms with Crippen molar-refractivity contribution in [1.29, 1.82) is 0 Å². The number of alkyl halides is 1. The van der Waals surface area contributed by atoms with Crippen LogP contribution in [-0.2, 0) is 14.4 Å². The van der Waals surface area contributed by atoms with Crippen molar-refractivity contribution >= 4 is 51.1 Å². The number of halogens is 1. The van der Waals surface area contributed by atoms with Crippen LogP contribution < -0.4 is 9.64 Å². The summed E-state index contributed by atoms with van der Waals surface area (Å²) >= 11 is 5.54. The Labute approximate surface area is 300 Å². The average molecular weight is 747 g/mol. The van der Waals surface area contributed by atoms with Crippen LogP contribution in [0.25, 0.3) is 0 Å². The van der Waals surface area contributed by atoms with Crippen LogP contribution in [0.3, 0.4) is 0 Å². The topological polar surface area (TPSA) is 90.4 Å². The van der Waals surface area contributed by atoms with Gasteiger partial charge in [0.15, 0.2) is 0 Å². The van der Waals surface area contributed by atoms with E-state index in [1.54, 1.807) is 33.7 Å². The number of carbonyl (C=O) groups is 3. The molecule has 1 spiro atoms. The maximum absolute atomic E-state index is 15.2. The lowest BCUT2D eigenvalue weighted by Crippen LogP contribution is -2.62. The molecule has 3 amide bonds. The molecule has 1 aromatic rings. The zero-order valence-corrected chi connectivity index (χ0v) is 32.5. The van der Waals surface area contributed by atoms with Crippen molar-refractivity contribution < 1.29 is 24.2 Å². The third-order valence-corrected chi connectivity index (χ3v) is 13.1. The van der Waals surface area contributed by atoms with Crippen molar-refractivity contribution in [2.75, 3.05) is 31.2 Å². The van der Waals surface area contributed by atoms with Crippen LogP contribution in [0.4, 0.5) is 5.69 Å². The molecule has 0 aliphatic carbocycles. The molecule has 266 valence electrons. The number of carbonyl (C=O) groups excluding carboxylic acids is 3. The van der Waals surface area contributed by atoms with Crippen molar-refractivity contribution in [3.63, 3.8) is 0 Å². The van der Waals surface area contributed by atoms with Gasteiger partial charge in [-0.1, -0.05) is 62.7 Å². The standard InChI is InChI=1S/C38H56BrN3O5S/c1-11-18-40(25-14-16-27(17-15-25)47-13-3)33(44)29-30-34(45)42(26(22-43)20-24(4)5)32(38(30)21-28(39)31(29)48-38)35(46)41(19-12-2)37(9,10)23-36(6,7)8/h11-12,14-17,24,26,28-32,43H,1-2,13,18-23H2,3-10H3/t26-,28?,29-,30+,31-,32?,38?/m1/s1. The SMILES string of the molecule is C=CCN(C(=O)[C@H]1[C@@H]2SC3(CC2Br)C(C(=O)N(CC=C)C(C)(C)CC(C)(C)C)N([C@@H](CO)CC(C)C)C(=O)[C@H]13)c1ccc(OCC)cc1. The van der Waals surface area contributed by atoms with Gasteiger partial charge in [0.1, 0.15) is 11.8 Å². The van der Waals surface area contributed by atoms with Crippen molar-refractivity contribution in [3.05, 3.63) is 49.6 Å². The molecular weight excluding hydrogens is 690 g/mol. The monoisotopic (exact) mass is 745 g/mol. The van der Waals surface area contributed by atoms with Gasteiger partial charge in [0.25, 0.3) is 0 Å². The summed E-state index contributed by atoms with van der Waals surface area (Å²) in [5.74, 6) is -0.996. The molecule has 3 aliphatic heterocycles. The van der Waals surface area contributed by atoms with Gasteiger partial charge < -0.3 is 24.5 Å². The minimum absolute atomic E-state index is 0.0605. The highest BCUT2D eigenvalue weighted by atomic mass is 79.9. The molecule has 3 aliphatic rings. The maximum atomic E-state index is 15.2. The molecule has 0 radical (unpaired) electrons. The quantitative estimate of drug-likeness (QED) is 0.159. The van der Waals surface area contributed by atoms with E-state index in [1.165, 1.54) is 0 Å². The first-order valence-electron chi connectivity index (χ1n) is 17.3. The average Bonchev–Trinajstić information content (AvgIpc) is 3.59. The van der Waals surface area contributed by atoms with Gasteiger partial charge in [0.2, 0.25) is 17.7 Å². The molecule has 4 rings (SSSR count). The number of amides is 3. The van der Waals surface area contributed by atoms with Gasteiger partial charge in [-0.3, -0.25) is 14.4 Å². The summed E-state index contributed by atoms with van der Waals surface area (Å²) < 4.78 is 4.79. The number of hydrogen-bond acceptors (Lipinski definition) is 6. The van der Waals surface area contributed by atoms with Crippen molar-refractivity contribution in [3.8, 4) is 5.75 Å². The molecule has 1 N–H and O–H groups in total. The summed E-state index contributed by atoms with van der Waals surface area (Å²) in [5, 5.41) is 10.6. The Bertz CT molecular complexity index is 1360. The highest BCUT2D eigenvalue weighted by Gasteiger charge is 2.76. The summed E-state index contributed by atoms with van der Waals surface area (Å²) in [6.45, 7) is 25.5. The van der Waals surface area contributed by atoms with E-state index in [0.717, 1.165) is 6.42 Å². The van der Waals surface area contributed by atoms with Crippen molar-refractivity contribution in [2.45, 2.75) is 107 Å². The molecule has 0 saturated carbocycles. The number of rotatable bonds is 15. The summed E-state index contributed by atoms with van der Waals surface area (Å²) in [6, 6.07) is 6.01. The molecule has 1 aromatic carbocycles. The van der Waals surface area contributed by atoms with Gasteiger partial charge in [-0.15, -0.1) is 24.9 Å². The zero-order valence-electron chi connectivity index (χ0n) is 30.1. The number of anilines is 1. The fourth-order valence-corrected chi connectivity index (χ4v) is 12.3. The maximum Gasteiger partial charge on any atom is 0.247 e. The third-order valence-electron chi connectivity index (χ3n) is 9.90. The molecular formula is C38H56BrN3O5S. The van der Waals surface area contributed by atoms with Gasteiger partial charge in [-0.05, 0) is 75.6 Å². The Morgan fingerprint density at radius 3 is 2.27 bits per heavy atom. The molecule has 7 atom stereocenters. The first-order valence-corrected chi connectivity index (χ1v) is 19.1. The number of aliphatic hydroxyl groups excluding tert-OH is 1. The van der Waals surface area contributed by atoms with Crippen LogP contribution in [0, 0.1) is 23.2 Å². The van der Waals surface area contributed by atoms with Crippen LogP contribution in [0.15, 0.2) is 49.6 Å². The van der Waals surface area contributed by atoms with E-state index in [1.807, 2.05) is 36.1 Å². The summed E-state index contributed by atoms with van der Waals surface area (Å²) in [4.78, 5) is 50.2. The molecule has 3 fully saturated rings. The molecule has 2 bridgehead atoms. The molecule has 3 unspecified atom stereocenters. The number of hydrogen-bond donors (Lipinski definition) is 1. The second-order valence-corrected chi connectivity index (χ2v) is 18.5. The number of fused-ring (bicyclic) bond motifs is 1. The van der Waals surface area contributed by atoms with E-state index in [4.69, 9.17) is 4.74 Å². The summed E-state index contributed by atoms with van der Waals surface area (Å²) in [5.41, 5.74) is 0.0910. The van der Waals surface area contributed by atoms with Crippen molar-refractivity contribution in [1.82, 2.24) is 9.80 Å². The molecule has 3 saturated heterocycles. The van der Waals surface area contributed by atoms with Gasteiger partial charge in [0.05, 0.1) is 35.8 Å². The third kappa shape index (κ3) is 7.27. The number of ether oxygens (including phenoxy) is 1. The number of nitrogens with zero attached hydrogens (tertiary/aromatic N) is 3. The van der Waals surface area contributed by atoms with Crippen molar-refractivity contribution in [2.24, 2.45) is 23.2 Å². The lowest BCUT2D eigenvalue weighted by Gasteiger charge is -2.47. The Morgan fingerprint density at radius 1 is 1.12 bits per heavy atom. The second kappa shape index (κ2) is 14.9. The molecule has 10 heteroatoms. The predicted molar refractivity (Wildman–Crippen MR) is 200 cm³/mol. The summed E-state index contributed by atoms with van der Waals surface area (Å²) in [6.07, 6.45) is 5.30. The first-order chi connectivity index (χ1) is 22.5. The predicted octanol–water partition coefficient (Wildman–Crippen LogP) is 6.71. The molecule has 8 nitrogen and oxygen atoms in total. The van der Waals surface area contributed by atoms with Crippen LogP contribution in [-0.4, -0.2) is 91.4 Å². The number of benzene rings is 1. The minimum Gasteiger partial charge on any atom is -0.494 e. The highest BCUT2D eigenvalue weighted by Crippen LogP contribution is 2.68. The van der Waals surface area contributed by atoms with Crippen LogP contribution >= 0.6 is 27.7 Å². The number of aliphatic hydroxyl groups is 1. The fraction of sp³-hybridized carbons (Fsp3) is 0.658. The van der Waals surface area contributed by atoms with Gasteiger partial charge in [0, 0.05) is 34.4 Å². The first kappa shape index (κ1) is 38.5. The number of likely N-dealkylation sites (tertiary alicyclic amines) is 1. The van der Waals surface area contributed by atoms with E-state index in [-0.39, 0.29) is 52.3 Å². The second-order valence-electron chi connectivity index (χ2n) is 15.8. The van der Waals surface area contributed by atoms with E-state index in [2.05, 4.69) is 77.6 Å².